The lowest BCUT2D eigenvalue weighted by Crippen LogP contribution is -2.60. The fourth-order valence-corrected chi connectivity index (χ4v) is 5.25. The van der Waals surface area contributed by atoms with Crippen LogP contribution >= 0.6 is 0 Å². The van der Waals surface area contributed by atoms with Gasteiger partial charge >= 0.3 is 6.03 Å². The number of nitrogens with one attached hydrogen (secondary N) is 2. The second-order valence-corrected chi connectivity index (χ2v) is 9.40. The van der Waals surface area contributed by atoms with E-state index < -0.39 is 34.7 Å². The van der Waals surface area contributed by atoms with Crippen molar-refractivity contribution in [3.8, 4) is 17.6 Å². The number of rotatable bonds is 8. The van der Waals surface area contributed by atoms with Gasteiger partial charge in [-0.25, -0.2) is 9.18 Å². The molecule has 10 heteroatoms. The summed E-state index contributed by atoms with van der Waals surface area (Å²) in [5.74, 6) is 2.60. The smallest absolute Gasteiger partial charge is 0.324 e. The van der Waals surface area contributed by atoms with Crippen LogP contribution in [-0.2, 0) is 21.5 Å². The molecule has 0 radical (unpaired) electrons. The first-order valence-electron chi connectivity index (χ1n) is 13.4. The van der Waals surface area contributed by atoms with E-state index in [2.05, 4.69) is 22.5 Å². The van der Waals surface area contributed by atoms with Crippen LogP contribution in [0, 0.1) is 17.7 Å². The third kappa shape index (κ3) is 5.11. The summed E-state index contributed by atoms with van der Waals surface area (Å²) < 4.78 is 19.9. The van der Waals surface area contributed by atoms with Gasteiger partial charge in [-0.05, 0) is 48.1 Å². The Kier molecular flexibility index (Phi) is 9.20. The van der Waals surface area contributed by atoms with Crippen molar-refractivity contribution in [3.63, 3.8) is 0 Å². The molecule has 0 spiro atoms. The summed E-state index contributed by atoms with van der Waals surface area (Å²) in [5, 5.41) is 4.56. The van der Waals surface area contributed by atoms with Crippen LogP contribution in [0.1, 0.15) is 80.4 Å². The summed E-state index contributed by atoms with van der Waals surface area (Å²) in [5.41, 5.74) is 4.33. The SMILES string of the molecule is CC.CCCC(CCC)(C(N)=O)c1ccc(C#CC2(N3Cc4ccc(OC)c(F)c4C3=O)NC(=O)NC2=O)cc1. The van der Waals surface area contributed by atoms with Crippen LogP contribution in [0.5, 0.6) is 5.75 Å². The zero-order valence-corrected chi connectivity index (χ0v) is 23.4. The maximum absolute atomic E-state index is 14.9. The first-order valence-corrected chi connectivity index (χ1v) is 13.4. The summed E-state index contributed by atoms with van der Waals surface area (Å²) in [6, 6.07) is 9.03. The van der Waals surface area contributed by atoms with Crippen LogP contribution in [0.2, 0.25) is 0 Å². The van der Waals surface area contributed by atoms with E-state index in [1.807, 2.05) is 27.7 Å². The van der Waals surface area contributed by atoms with E-state index in [1.54, 1.807) is 24.3 Å². The molecule has 1 saturated heterocycles. The molecule has 2 aliphatic rings. The van der Waals surface area contributed by atoms with E-state index in [1.165, 1.54) is 19.2 Å². The van der Waals surface area contributed by atoms with E-state index in [-0.39, 0.29) is 23.8 Å². The first-order chi connectivity index (χ1) is 19.1. The fourth-order valence-electron chi connectivity index (χ4n) is 5.25. The number of hydrogen-bond donors (Lipinski definition) is 3. The van der Waals surface area contributed by atoms with Gasteiger partial charge in [0.2, 0.25) is 5.91 Å². The normalized spacial score (nSPS) is 17.6. The largest absolute Gasteiger partial charge is 0.494 e. The quantitative estimate of drug-likeness (QED) is 0.341. The minimum Gasteiger partial charge on any atom is -0.494 e. The number of carbonyl (C=O) groups excluding carboxylic acids is 4. The predicted molar refractivity (Wildman–Crippen MR) is 148 cm³/mol. The Morgan fingerprint density at radius 2 is 1.73 bits per heavy atom. The lowest BCUT2D eigenvalue weighted by Gasteiger charge is -2.31. The van der Waals surface area contributed by atoms with Crippen molar-refractivity contribution in [2.75, 3.05) is 7.11 Å². The van der Waals surface area contributed by atoms with Crippen molar-refractivity contribution in [1.82, 2.24) is 15.5 Å². The number of amides is 5. The van der Waals surface area contributed by atoms with Crippen LogP contribution in [-0.4, -0.2) is 41.4 Å². The van der Waals surface area contributed by atoms with Gasteiger partial charge in [-0.3, -0.25) is 29.9 Å². The Hall–Kier alpha value is -4.39. The van der Waals surface area contributed by atoms with Crippen LogP contribution < -0.4 is 21.1 Å². The van der Waals surface area contributed by atoms with Gasteiger partial charge in [-0.15, -0.1) is 0 Å². The van der Waals surface area contributed by atoms with Crippen molar-refractivity contribution >= 4 is 23.8 Å². The highest BCUT2D eigenvalue weighted by atomic mass is 19.1. The number of fused-ring (bicyclic) bond motifs is 1. The minimum atomic E-state index is -2.05. The second kappa shape index (κ2) is 12.2. The van der Waals surface area contributed by atoms with E-state index in [9.17, 15) is 23.6 Å². The number of urea groups is 1. The van der Waals surface area contributed by atoms with E-state index >= 15 is 0 Å². The number of primary amides is 1. The van der Waals surface area contributed by atoms with Crippen molar-refractivity contribution in [2.24, 2.45) is 5.73 Å². The fraction of sp³-hybridized carbons (Fsp3) is 0.400. The Morgan fingerprint density at radius 3 is 2.23 bits per heavy atom. The molecule has 2 aromatic carbocycles. The summed E-state index contributed by atoms with van der Waals surface area (Å²) >= 11 is 0. The zero-order valence-electron chi connectivity index (χ0n) is 23.4. The molecule has 1 unspecified atom stereocenters. The lowest BCUT2D eigenvalue weighted by atomic mass is 9.72. The number of ether oxygens (including phenoxy) is 1. The molecule has 40 heavy (non-hydrogen) atoms. The van der Waals surface area contributed by atoms with Crippen LogP contribution in [0.3, 0.4) is 0 Å². The lowest BCUT2D eigenvalue weighted by molar-refractivity contribution is -0.126. The molecule has 0 aliphatic carbocycles. The summed E-state index contributed by atoms with van der Waals surface area (Å²) in [6.07, 6.45) is 2.77. The molecule has 2 aliphatic heterocycles. The molecule has 0 bridgehead atoms. The number of carbonyl (C=O) groups is 4. The van der Waals surface area contributed by atoms with Gasteiger partial charge in [-0.1, -0.05) is 64.7 Å². The van der Waals surface area contributed by atoms with Gasteiger partial charge in [0.15, 0.2) is 11.6 Å². The number of nitrogens with zero attached hydrogens (tertiary/aromatic N) is 1. The van der Waals surface area contributed by atoms with E-state index in [0.29, 0.717) is 24.0 Å². The molecule has 5 amide bonds. The molecular weight excluding hydrogens is 515 g/mol. The van der Waals surface area contributed by atoms with Gasteiger partial charge in [0.25, 0.3) is 17.5 Å². The maximum atomic E-state index is 14.9. The molecule has 1 fully saturated rings. The van der Waals surface area contributed by atoms with Crippen LogP contribution in [0.4, 0.5) is 9.18 Å². The van der Waals surface area contributed by atoms with Crippen LogP contribution in [0.25, 0.3) is 0 Å². The Labute approximate surface area is 233 Å². The maximum Gasteiger partial charge on any atom is 0.324 e. The van der Waals surface area contributed by atoms with Crippen molar-refractivity contribution in [2.45, 2.75) is 71.0 Å². The molecule has 212 valence electrons. The van der Waals surface area contributed by atoms with Gasteiger partial charge in [-0.2, -0.15) is 0 Å². The van der Waals surface area contributed by atoms with Gasteiger partial charge in [0, 0.05) is 5.56 Å². The molecule has 4 rings (SSSR count). The zero-order chi connectivity index (χ0) is 29.7. The molecule has 9 nitrogen and oxygen atoms in total. The van der Waals surface area contributed by atoms with Gasteiger partial charge < -0.3 is 10.5 Å². The van der Waals surface area contributed by atoms with Crippen molar-refractivity contribution in [1.29, 1.82) is 0 Å². The average molecular weight is 551 g/mol. The average Bonchev–Trinajstić information content (AvgIpc) is 3.44. The third-order valence-corrected chi connectivity index (χ3v) is 7.11. The number of imide groups is 1. The molecule has 1 atom stereocenters. The van der Waals surface area contributed by atoms with Gasteiger partial charge in [0.1, 0.15) is 0 Å². The number of hydrogen-bond acceptors (Lipinski definition) is 5. The molecule has 4 N–H and O–H groups in total. The monoisotopic (exact) mass is 550 g/mol. The summed E-state index contributed by atoms with van der Waals surface area (Å²) in [6.45, 7) is 7.84. The third-order valence-electron chi connectivity index (χ3n) is 7.11. The topological polar surface area (TPSA) is 131 Å². The summed E-state index contributed by atoms with van der Waals surface area (Å²) in [4.78, 5) is 51.9. The highest BCUT2D eigenvalue weighted by Gasteiger charge is 2.55. The molecule has 2 aromatic rings. The van der Waals surface area contributed by atoms with Crippen molar-refractivity contribution < 1.29 is 28.3 Å². The predicted octanol–water partition coefficient (Wildman–Crippen LogP) is 3.73. The highest BCUT2D eigenvalue weighted by molar-refractivity contribution is 6.12. The van der Waals surface area contributed by atoms with Crippen LogP contribution in [0.15, 0.2) is 36.4 Å². The van der Waals surface area contributed by atoms with E-state index in [4.69, 9.17) is 10.5 Å². The molecule has 2 heterocycles. The molecular formula is C30H35FN4O5. The highest BCUT2D eigenvalue weighted by Crippen LogP contribution is 2.36. The standard InChI is InChI=1S/C28H29FN4O5.C2H6/c1-4-13-27(14-5-2,24(30)35)19-9-6-17(7-10-19)12-15-28(25(36)31-26(37)32-28)33-16-18-8-11-20(38-3)22(29)21(18)23(33)34;1-2/h6-11H,4-5,13-14,16H2,1-3H3,(H2,30,35)(H2,31,32,36,37);1-2H3. The van der Waals surface area contributed by atoms with Gasteiger partial charge in [0.05, 0.1) is 24.6 Å². The Morgan fingerprint density at radius 1 is 1.10 bits per heavy atom. The first kappa shape index (κ1) is 30.2. The number of benzene rings is 2. The second-order valence-electron chi connectivity index (χ2n) is 9.40. The molecule has 0 saturated carbocycles. The number of halogens is 1. The molecule has 0 aromatic heterocycles. The number of nitrogens with two attached hydrogens (primary N) is 1. The van der Waals surface area contributed by atoms with E-state index in [0.717, 1.165) is 23.3 Å². The minimum absolute atomic E-state index is 0.114. The Bertz CT molecular complexity index is 1370. The summed E-state index contributed by atoms with van der Waals surface area (Å²) in [7, 11) is 1.28. The number of methoxy groups -OCH3 is 1. The Balaban J connectivity index is 0.00000216. The van der Waals surface area contributed by atoms with Crippen molar-refractivity contribution in [3.05, 3.63) is 64.5 Å².